The molecule has 0 aliphatic carbocycles. The number of rotatable bonds is 3. The van der Waals surface area contributed by atoms with E-state index < -0.39 is 0 Å². The summed E-state index contributed by atoms with van der Waals surface area (Å²) in [7, 11) is 0. The smallest absolute Gasteiger partial charge is 0.334 e. The van der Waals surface area contributed by atoms with Crippen molar-refractivity contribution in [3.8, 4) is 0 Å². The zero-order valence-electron chi connectivity index (χ0n) is 9.18. The van der Waals surface area contributed by atoms with Gasteiger partial charge in [0.25, 0.3) is 0 Å². The summed E-state index contributed by atoms with van der Waals surface area (Å²) >= 11 is 0. The van der Waals surface area contributed by atoms with E-state index in [0.717, 1.165) is 6.54 Å². The van der Waals surface area contributed by atoms with Crippen molar-refractivity contribution in [3.05, 3.63) is 54.2 Å². The number of hydrogen-bond donors (Lipinski definition) is 0. The lowest BCUT2D eigenvalue weighted by atomic mass is 10.0. The molecule has 2 heteroatoms. The topological polar surface area (TPSA) is 17.0 Å². The Morgan fingerprint density at radius 3 is 2.47 bits per heavy atom. The highest BCUT2D eigenvalue weighted by atomic mass is 16.3. The number of oxazole rings is 1. The molecule has 1 aromatic heterocycles. The van der Waals surface area contributed by atoms with Crippen molar-refractivity contribution < 1.29 is 8.98 Å². The quantitative estimate of drug-likeness (QED) is 0.699. The van der Waals surface area contributed by atoms with Crippen molar-refractivity contribution in [3.63, 3.8) is 0 Å². The molecule has 0 atom stereocenters. The van der Waals surface area contributed by atoms with Crippen LogP contribution >= 0.6 is 0 Å². The van der Waals surface area contributed by atoms with Gasteiger partial charge in [-0.2, -0.15) is 4.57 Å². The normalized spacial score (nSPS) is 10.9. The molecule has 0 fully saturated rings. The van der Waals surface area contributed by atoms with Gasteiger partial charge < -0.3 is 4.42 Å². The summed E-state index contributed by atoms with van der Waals surface area (Å²) in [6.07, 6.45) is 5.33. The summed E-state index contributed by atoms with van der Waals surface area (Å²) in [5, 5.41) is 0. The van der Waals surface area contributed by atoms with Crippen LogP contribution < -0.4 is 4.57 Å². The first kappa shape index (κ1) is 9.97. The molecule has 0 aliphatic rings. The van der Waals surface area contributed by atoms with Crippen molar-refractivity contribution in [2.45, 2.75) is 26.3 Å². The third kappa shape index (κ3) is 2.46. The molecule has 15 heavy (non-hydrogen) atoms. The minimum atomic E-state index is 0.598. The Kier molecular flexibility index (Phi) is 2.86. The first-order chi connectivity index (χ1) is 7.25. The van der Waals surface area contributed by atoms with Gasteiger partial charge >= 0.3 is 6.39 Å². The van der Waals surface area contributed by atoms with Crippen LogP contribution in [0.15, 0.2) is 47.5 Å². The van der Waals surface area contributed by atoms with Gasteiger partial charge in [0, 0.05) is 5.56 Å². The molecule has 0 radical (unpaired) electrons. The fourth-order valence-electron chi connectivity index (χ4n) is 1.57. The highest BCUT2D eigenvalue weighted by Gasteiger charge is 2.04. The van der Waals surface area contributed by atoms with E-state index in [-0.39, 0.29) is 0 Å². The van der Waals surface area contributed by atoms with E-state index in [4.69, 9.17) is 4.42 Å². The van der Waals surface area contributed by atoms with E-state index in [9.17, 15) is 0 Å². The van der Waals surface area contributed by atoms with Crippen molar-refractivity contribution in [1.29, 1.82) is 0 Å². The molecule has 2 rings (SSSR count). The zero-order valence-corrected chi connectivity index (χ0v) is 9.18. The highest BCUT2D eigenvalue weighted by Crippen LogP contribution is 2.14. The van der Waals surface area contributed by atoms with Gasteiger partial charge in [-0.3, -0.25) is 0 Å². The van der Waals surface area contributed by atoms with Crippen LogP contribution in [0.3, 0.4) is 0 Å². The van der Waals surface area contributed by atoms with Crippen LogP contribution in [0.1, 0.15) is 30.9 Å². The summed E-state index contributed by atoms with van der Waals surface area (Å²) in [6.45, 7) is 5.29. The Labute approximate surface area is 90.2 Å². The molecule has 0 unspecified atom stereocenters. The standard InChI is InChI=1S/C13H16NO/c1-11(2)13-5-3-12(4-6-13)9-14-7-8-15-10-14/h3-8,10-11H,9H2,1-2H3/q+1. The van der Waals surface area contributed by atoms with Crippen molar-refractivity contribution in [1.82, 2.24) is 0 Å². The maximum atomic E-state index is 5.01. The molecule has 0 amide bonds. The SMILES string of the molecule is CC(C)c1ccc(C[n+]2ccoc2)cc1. The van der Waals surface area contributed by atoms with Gasteiger partial charge in [-0.15, -0.1) is 0 Å². The average molecular weight is 202 g/mol. The first-order valence-corrected chi connectivity index (χ1v) is 5.26. The second-order valence-electron chi connectivity index (χ2n) is 4.10. The van der Waals surface area contributed by atoms with E-state index in [1.54, 1.807) is 12.7 Å². The number of benzene rings is 1. The molecule has 0 saturated carbocycles. The van der Waals surface area contributed by atoms with Crippen molar-refractivity contribution in [2.75, 3.05) is 0 Å². The molecule has 0 N–H and O–H groups in total. The van der Waals surface area contributed by atoms with Crippen LogP contribution in [0.25, 0.3) is 0 Å². The third-order valence-corrected chi connectivity index (χ3v) is 2.54. The molecular weight excluding hydrogens is 186 g/mol. The van der Waals surface area contributed by atoms with E-state index in [0.29, 0.717) is 5.92 Å². The fourth-order valence-corrected chi connectivity index (χ4v) is 1.57. The Hall–Kier alpha value is -1.57. The highest BCUT2D eigenvalue weighted by molar-refractivity contribution is 5.23. The van der Waals surface area contributed by atoms with Gasteiger partial charge in [0.05, 0.1) is 0 Å². The van der Waals surface area contributed by atoms with Crippen molar-refractivity contribution >= 4 is 0 Å². The van der Waals surface area contributed by atoms with Crippen molar-refractivity contribution in [2.24, 2.45) is 0 Å². The van der Waals surface area contributed by atoms with Crippen LogP contribution in [-0.4, -0.2) is 0 Å². The average Bonchev–Trinajstić information content (AvgIpc) is 2.71. The lowest BCUT2D eigenvalue weighted by Crippen LogP contribution is -2.30. The summed E-state index contributed by atoms with van der Waals surface area (Å²) in [5.74, 6) is 0.598. The minimum Gasteiger partial charge on any atom is -0.412 e. The van der Waals surface area contributed by atoms with E-state index in [1.165, 1.54) is 11.1 Å². The fraction of sp³-hybridized carbons (Fsp3) is 0.308. The molecule has 0 saturated heterocycles. The molecule has 0 spiro atoms. The molecule has 0 aliphatic heterocycles. The van der Waals surface area contributed by atoms with Crippen LogP contribution in [-0.2, 0) is 6.54 Å². The molecule has 1 heterocycles. The second kappa shape index (κ2) is 4.30. The monoisotopic (exact) mass is 202 g/mol. The summed E-state index contributed by atoms with van der Waals surface area (Å²) in [6, 6.07) is 8.74. The zero-order chi connectivity index (χ0) is 10.7. The van der Waals surface area contributed by atoms with Gasteiger partial charge in [-0.05, 0) is 11.5 Å². The number of hydrogen-bond acceptors (Lipinski definition) is 1. The molecule has 0 bridgehead atoms. The van der Waals surface area contributed by atoms with Gasteiger partial charge in [0.1, 0.15) is 0 Å². The van der Waals surface area contributed by atoms with E-state index in [2.05, 4.69) is 38.1 Å². The first-order valence-electron chi connectivity index (χ1n) is 5.26. The largest absolute Gasteiger partial charge is 0.412 e. The summed E-state index contributed by atoms with van der Waals surface area (Å²) in [4.78, 5) is 0. The minimum absolute atomic E-state index is 0.598. The molecule has 1 aromatic carbocycles. The third-order valence-electron chi connectivity index (χ3n) is 2.54. The van der Waals surface area contributed by atoms with E-state index in [1.807, 2.05) is 10.8 Å². The van der Waals surface area contributed by atoms with Gasteiger partial charge in [-0.25, -0.2) is 0 Å². The number of aromatic nitrogens is 1. The number of nitrogens with zero attached hydrogens (tertiary/aromatic N) is 1. The van der Waals surface area contributed by atoms with Gasteiger partial charge in [0.2, 0.25) is 6.20 Å². The lowest BCUT2D eigenvalue weighted by Gasteiger charge is -2.04. The predicted molar refractivity (Wildman–Crippen MR) is 58.5 cm³/mol. The molecule has 2 nitrogen and oxygen atoms in total. The Morgan fingerprint density at radius 1 is 1.20 bits per heavy atom. The Balaban J connectivity index is 2.11. The Bertz CT molecular complexity index is 401. The van der Waals surface area contributed by atoms with Gasteiger partial charge in [0.15, 0.2) is 12.8 Å². The lowest BCUT2D eigenvalue weighted by molar-refractivity contribution is -0.691. The molecule has 2 aromatic rings. The second-order valence-corrected chi connectivity index (χ2v) is 4.10. The predicted octanol–water partition coefficient (Wildman–Crippen LogP) is 2.74. The van der Waals surface area contributed by atoms with E-state index >= 15 is 0 Å². The van der Waals surface area contributed by atoms with Crippen LogP contribution in [0.4, 0.5) is 0 Å². The van der Waals surface area contributed by atoms with Crippen LogP contribution in [0.2, 0.25) is 0 Å². The molecule has 78 valence electrons. The van der Waals surface area contributed by atoms with Crippen LogP contribution in [0.5, 0.6) is 0 Å². The summed E-state index contributed by atoms with van der Waals surface area (Å²) < 4.78 is 7.03. The maximum Gasteiger partial charge on any atom is 0.334 e. The molecular formula is C13H16NO+. The Morgan fingerprint density at radius 2 is 1.93 bits per heavy atom. The van der Waals surface area contributed by atoms with Crippen LogP contribution in [0, 0.1) is 0 Å². The summed E-state index contributed by atoms with van der Waals surface area (Å²) in [5.41, 5.74) is 2.68. The maximum absolute atomic E-state index is 5.01. The van der Waals surface area contributed by atoms with Gasteiger partial charge in [-0.1, -0.05) is 38.1 Å².